The second kappa shape index (κ2) is 7.80. The molecule has 0 radical (unpaired) electrons. The largest absolute Gasteiger partial charge is 2.00 e. The van der Waals surface area contributed by atoms with Crippen molar-refractivity contribution in [3.8, 4) is 0 Å². The van der Waals surface area contributed by atoms with Crippen LogP contribution in [0.25, 0.3) is 0 Å². The third-order valence-electron chi connectivity index (χ3n) is 2.38. The number of rotatable bonds is 6. The van der Waals surface area contributed by atoms with E-state index in [-0.39, 0.29) is 37.3 Å². The number of nitrogens with one attached hydrogen (secondary N) is 1. The van der Waals surface area contributed by atoms with Crippen molar-refractivity contribution in [2.75, 3.05) is 12.9 Å². The van der Waals surface area contributed by atoms with Gasteiger partial charge in [-0.1, -0.05) is 12.1 Å². The standard InChI is InChI=1S/C11H15NO5S.Mg.2H/c1-18(16,17)9-4-2-8(3-5-9)6-12-10(7-13)11(14)15;;;/h2-5,10,12-13H,6-7H2,1H3,(H,14,15);;;/q;+2;2*-1. The maximum Gasteiger partial charge on any atom is 2.00 e. The minimum Gasteiger partial charge on any atom is -1.00 e. The molecule has 0 fully saturated rings. The third kappa shape index (κ3) is 5.87. The molecule has 1 aromatic rings. The van der Waals surface area contributed by atoms with Crippen LogP contribution in [0, 0.1) is 0 Å². The number of benzene rings is 1. The maximum atomic E-state index is 11.2. The van der Waals surface area contributed by atoms with Gasteiger partial charge in [0.1, 0.15) is 6.04 Å². The fraction of sp³-hybridized carbons (Fsp3) is 0.364. The molecule has 0 saturated carbocycles. The molecule has 1 unspecified atom stereocenters. The van der Waals surface area contributed by atoms with Crippen molar-refractivity contribution < 1.29 is 26.3 Å². The normalized spacial score (nSPS) is 12.5. The van der Waals surface area contributed by atoms with Gasteiger partial charge in [-0.05, 0) is 17.7 Å². The van der Waals surface area contributed by atoms with E-state index in [4.69, 9.17) is 10.2 Å². The van der Waals surface area contributed by atoms with Gasteiger partial charge in [-0.2, -0.15) is 0 Å². The summed E-state index contributed by atoms with van der Waals surface area (Å²) in [5.74, 6) is -1.13. The molecule has 3 N–H and O–H groups in total. The van der Waals surface area contributed by atoms with Gasteiger partial charge in [0.25, 0.3) is 0 Å². The van der Waals surface area contributed by atoms with Gasteiger partial charge >= 0.3 is 29.0 Å². The van der Waals surface area contributed by atoms with E-state index in [9.17, 15) is 13.2 Å². The molecule has 1 rings (SSSR count). The Kier molecular flexibility index (Phi) is 7.53. The monoisotopic (exact) mass is 299 g/mol. The van der Waals surface area contributed by atoms with Crippen LogP contribution in [0.2, 0.25) is 0 Å². The summed E-state index contributed by atoms with van der Waals surface area (Å²) in [5.41, 5.74) is 0.738. The first kappa shape index (κ1) is 18.3. The van der Waals surface area contributed by atoms with Gasteiger partial charge in [0.15, 0.2) is 9.84 Å². The number of carboxylic acids is 1. The Bertz CT molecular complexity index is 524. The van der Waals surface area contributed by atoms with Crippen LogP contribution in [-0.4, -0.2) is 66.6 Å². The summed E-state index contributed by atoms with van der Waals surface area (Å²) in [6.45, 7) is -0.266. The summed E-state index contributed by atoms with van der Waals surface area (Å²) in [7, 11) is -3.22. The summed E-state index contributed by atoms with van der Waals surface area (Å²) < 4.78 is 22.4. The zero-order valence-electron chi connectivity index (χ0n) is 12.5. The minimum absolute atomic E-state index is 0. The number of aliphatic carboxylic acids is 1. The number of aliphatic hydroxyl groups excluding tert-OH is 1. The zero-order valence-corrected chi connectivity index (χ0v) is 12.8. The second-order valence-electron chi connectivity index (χ2n) is 3.87. The average Bonchev–Trinajstić information content (AvgIpc) is 2.29. The van der Waals surface area contributed by atoms with Crippen molar-refractivity contribution in [2.45, 2.75) is 17.5 Å². The Morgan fingerprint density at radius 2 is 1.89 bits per heavy atom. The second-order valence-corrected chi connectivity index (χ2v) is 5.89. The van der Waals surface area contributed by atoms with Crippen LogP contribution >= 0.6 is 0 Å². The minimum atomic E-state index is -3.22. The molecule has 0 aliphatic heterocycles. The predicted molar refractivity (Wildman–Crippen MR) is 72.9 cm³/mol. The fourth-order valence-corrected chi connectivity index (χ4v) is 1.96. The molecular formula is C11H17MgNO5S. The molecule has 0 amide bonds. The van der Waals surface area contributed by atoms with Gasteiger partial charge in [0.05, 0.1) is 11.5 Å². The van der Waals surface area contributed by atoms with Gasteiger partial charge in [-0.15, -0.1) is 0 Å². The van der Waals surface area contributed by atoms with Crippen LogP contribution in [0.3, 0.4) is 0 Å². The average molecular weight is 300 g/mol. The predicted octanol–water partition coefficient (Wildman–Crippen LogP) is -0.531. The van der Waals surface area contributed by atoms with Crippen LogP contribution < -0.4 is 5.32 Å². The summed E-state index contributed by atoms with van der Waals surface area (Å²) in [6, 6.07) is 5.08. The molecule has 0 saturated heterocycles. The molecule has 0 heterocycles. The number of hydrogen-bond donors (Lipinski definition) is 3. The first-order valence-electron chi connectivity index (χ1n) is 5.20. The fourth-order valence-electron chi connectivity index (χ4n) is 1.33. The van der Waals surface area contributed by atoms with E-state index in [1.165, 1.54) is 12.1 Å². The van der Waals surface area contributed by atoms with Gasteiger partial charge in [-0.3, -0.25) is 10.1 Å². The first-order chi connectivity index (χ1) is 8.34. The van der Waals surface area contributed by atoms with E-state index in [2.05, 4.69) is 5.32 Å². The van der Waals surface area contributed by atoms with E-state index in [1.807, 2.05) is 0 Å². The van der Waals surface area contributed by atoms with E-state index in [1.54, 1.807) is 12.1 Å². The first-order valence-corrected chi connectivity index (χ1v) is 7.10. The molecular weight excluding hydrogens is 282 g/mol. The van der Waals surface area contributed by atoms with Crippen LogP contribution in [0.4, 0.5) is 0 Å². The van der Waals surface area contributed by atoms with E-state index < -0.39 is 28.5 Å². The van der Waals surface area contributed by atoms with E-state index >= 15 is 0 Å². The van der Waals surface area contributed by atoms with Crippen LogP contribution in [0.1, 0.15) is 8.42 Å². The van der Waals surface area contributed by atoms with Crippen molar-refractivity contribution in [1.29, 1.82) is 0 Å². The van der Waals surface area contributed by atoms with Crippen molar-refractivity contribution in [2.24, 2.45) is 0 Å². The number of carbonyl (C=O) groups is 1. The Morgan fingerprint density at radius 1 is 1.37 bits per heavy atom. The zero-order chi connectivity index (χ0) is 13.8. The van der Waals surface area contributed by atoms with Crippen LogP contribution in [0.15, 0.2) is 29.2 Å². The molecule has 1 aromatic carbocycles. The molecule has 19 heavy (non-hydrogen) atoms. The SMILES string of the molecule is CS(=O)(=O)c1ccc(CNC(CO)C(=O)O)cc1.[H-].[H-].[Mg+2]. The Hall–Kier alpha value is -0.674. The number of carboxylic acid groups (broad SMARTS) is 1. The molecule has 1 atom stereocenters. The summed E-state index contributed by atoms with van der Waals surface area (Å²) >= 11 is 0. The maximum absolute atomic E-state index is 11.2. The van der Waals surface area contributed by atoms with E-state index in [0.29, 0.717) is 0 Å². The molecule has 0 aliphatic rings. The van der Waals surface area contributed by atoms with Gasteiger partial charge in [0, 0.05) is 12.8 Å². The van der Waals surface area contributed by atoms with E-state index in [0.717, 1.165) is 11.8 Å². The molecule has 0 aliphatic carbocycles. The quantitative estimate of drug-likeness (QED) is 0.610. The molecule has 6 nitrogen and oxygen atoms in total. The van der Waals surface area contributed by atoms with Crippen LogP contribution in [-0.2, 0) is 21.2 Å². The number of hydrogen-bond acceptors (Lipinski definition) is 5. The van der Waals surface area contributed by atoms with Gasteiger partial charge in [-0.25, -0.2) is 8.42 Å². The molecule has 0 aromatic heterocycles. The van der Waals surface area contributed by atoms with Gasteiger partial charge < -0.3 is 13.1 Å². The summed E-state index contributed by atoms with van der Waals surface area (Å²) in [5, 5.41) is 20.1. The van der Waals surface area contributed by atoms with Crippen molar-refractivity contribution in [1.82, 2.24) is 5.32 Å². The topological polar surface area (TPSA) is 104 Å². The van der Waals surface area contributed by atoms with Crippen molar-refractivity contribution in [3.63, 3.8) is 0 Å². The molecule has 0 spiro atoms. The number of sulfone groups is 1. The van der Waals surface area contributed by atoms with Crippen molar-refractivity contribution in [3.05, 3.63) is 29.8 Å². The molecule has 0 bridgehead atoms. The third-order valence-corrected chi connectivity index (χ3v) is 3.51. The Labute approximate surface area is 130 Å². The Balaban J connectivity index is -0.00000108. The number of aliphatic hydroxyl groups is 1. The summed E-state index contributed by atoms with van der Waals surface area (Å²) in [4.78, 5) is 10.8. The van der Waals surface area contributed by atoms with Crippen molar-refractivity contribution >= 4 is 38.9 Å². The van der Waals surface area contributed by atoms with Gasteiger partial charge in [0.2, 0.25) is 0 Å². The Morgan fingerprint density at radius 3 is 2.26 bits per heavy atom. The molecule has 8 heteroatoms. The smallest absolute Gasteiger partial charge is 1.00 e. The summed E-state index contributed by atoms with van der Waals surface area (Å²) in [6.07, 6.45) is 1.12. The molecule has 104 valence electrons. The van der Waals surface area contributed by atoms with Crippen LogP contribution in [0.5, 0.6) is 0 Å².